The summed E-state index contributed by atoms with van der Waals surface area (Å²) in [7, 11) is -3.65. The Kier molecular flexibility index (Phi) is 3.35. The minimum Gasteiger partial charge on any atom is -0.486 e. The molecular formula is C13H17NO5S. The van der Waals surface area contributed by atoms with Gasteiger partial charge in [-0.3, -0.25) is 0 Å². The Bertz CT molecular complexity index is 609. The predicted octanol–water partition coefficient (Wildman–Crippen LogP) is 0.651. The van der Waals surface area contributed by atoms with E-state index in [0.717, 1.165) is 6.42 Å². The molecule has 0 radical (unpaired) electrons. The van der Waals surface area contributed by atoms with E-state index in [0.29, 0.717) is 37.6 Å². The Balaban J connectivity index is 1.76. The van der Waals surface area contributed by atoms with Gasteiger partial charge in [-0.15, -0.1) is 0 Å². The van der Waals surface area contributed by atoms with Crippen LogP contribution < -0.4 is 14.2 Å². The van der Waals surface area contributed by atoms with Gasteiger partial charge in [0.25, 0.3) is 0 Å². The molecule has 2 N–H and O–H groups in total. The van der Waals surface area contributed by atoms with Gasteiger partial charge in [-0.25, -0.2) is 13.1 Å². The molecule has 0 bridgehead atoms. The molecule has 1 saturated carbocycles. The largest absolute Gasteiger partial charge is 0.486 e. The highest BCUT2D eigenvalue weighted by atomic mass is 32.2. The summed E-state index contributed by atoms with van der Waals surface area (Å²) < 4.78 is 37.5. The van der Waals surface area contributed by atoms with Gasteiger partial charge in [-0.2, -0.15) is 0 Å². The van der Waals surface area contributed by atoms with E-state index < -0.39 is 15.6 Å². The Hall–Kier alpha value is -1.31. The van der Waals surface area contributed by atoms with Crippen LogP contribution in [-0.4, -0.2) is 38.9 Å². The first-order valence-electron chi connectivity index (χ1n) is 6.60. The van der Waals surface area contributed by atoms with Gasteiger partial charge in [0.05, 0.1) is 10.5 Å². The lowest BCUT2D eigenvalue weighted by molar-refractivity contribution is -0.0270. The van der Waals surface area contributed by atoms with E-state index in [9.17, 15) is 13.5 Å². The molecule has 1 aromatic carbocycles. The summed E-state index contributed by atoms with van der Waals surface area (Å²) in [4.78, 5) is 0.115. The van der Waals surface area contributed by atoms with Crippen LogP contribution >= 0.6 is 0 Å². The summed E-state index contributed by atoms with van der Waals surface area (Å²) >= 11 is 0. The van der Waals surface area contributed by atoms with Crippen molar-refractivity contribution in [1.29, 1.82) is 0 Å². The Morgan fingerprint density at radius 1 is 1.20 bits per heavy atom. The van der Waals surface area contributed by atoms with Crippen molar-refractivity contribution in [3.8, 4) is 11.5 Å². The van der Waals surface area contributed by atoms with Crippen LogP contribution in [0.15, 0.2) is 23.1 Å². The molecule has 7 heteroatoms. The standard InChI is InChI=1S/C13H17NO5S/c15-13(4-1-5-13)9-14-20(16,17)10-2-3-11-12(8-10)19-7-6-18-11/h2-3,8,14-15H,1,4-7,9H2. The Labute approximate surface area is 117 Å². The first-order valence-corrected chi connectivity index (χ1v) is 8.09. The molecule has 1 aliphatic carbocycles. The first-order chi connectivity index (χ1) is 9.49. The third-order valence-corrected chi connectivity index (χ3v) is 5.10. The van der Waals surface area contributed by atoms with E-state index in [1.807, 2.05) is 0 Å². The molecule has 1 fully saturated rings. The average molecular weight is 299 g/mol. The lowest BCUT2D eigenvalue weighted by Gasteiger charge is -2.36. The Morgan fingerprint density at radius 2 is 1.90 bits per heavy atom. The lowest BCUT2D eigenvalue weighted by Crippen LogP contribution is -2.47. The van der Waals surface area contributed by atoms with Crippen LogP contribution in [0, 0.1) is 0 Å². The SMILES string of the molecule is O=S(=O)(NCC1(O)CCC1)c1ccc2c(c1)OCCO2. The maximum absolute atomic E-state index is 12.2. The quantitative estimate of drug-likeness (QED) is 0.853. The number of rotatable bonds is 4. The first kappa shape index (κ1) is 13.7. The van der Waals surface area contributed by atoms with E-state index in [-0.39, 0.29) is 11.4 Å². The fourth-order valence-corrected chi connectivity index (χ4v) is 3.40. The molecule has 1 aromatic rings. The number of ether oxygens (including phenoxy) is 2. The molecule has 1 heterocycles. The summed E-state index contributed by atoms with van der Waals surface area (Å²) in [6, 6.07) is 4.50. The summed E-state index contributed by atoms with van der Waals surface area (Å²) in [5.74, 6) is 0.981. The van der Waals surface area contributed by atoms with E-state index in [4.69, 9.17) is 9.47 Å². The van der Waals surface area contributed by atoms with E-state index in [1.54, 1.807) is 6.07 Å². The summed E-state index contributed by atoms with van der Waals surface area (Å²) in [6.45, 7) is 0.915. The molecule has 0 unspecified atom stereocenters. The number of nitrogens with one attached hydrogen (secondary N) is 1. The topological polar surface area (TPSA) is 84.9 Å². The zero-order valence-electron chi connectivity index (χ0n) is 11.0. The molecule has 0 saturated heterocycles. The van der Waals surface area contributed by atoms with Crippen LogP contribution in [-0.2, 0) is 10.0 Å². The van der Waals surface area contributed by atoms with E-state index >= 15 is 0 Å². The maximum atomic E-state index is 12.2. The van der Waals surface area contributed by atoms with Crippen molar-refractivity contribution in [2.45, 2.75) is 29.8 Å². The van der Waals surface area contributed by atoms with Crippen LogP contribution in [0.25, 0.3) is 0 Å². The van der Waals surface area contributed by atoms with Crippen LogP contribution in [0.4, 0.5) is 0 Å². The van der Waals surface area contributed by atoms with Crippen molar-refractivity contribution >= 4 is 10.0 Å². The van der Waals surface area contributed by atoms with E-state index in [2.05, 4.69) is 4.72 Å². The molecule has 0 amide bonds. The molecular weight excluding hydrogens is 282 g/mol. The van der Waals surface area contributed by atoms with Crippen LogP contribution in [0.2, 0.25) is 0 Å². The lowest BCUT2D eigenvalue weighted by atomic mass is 9.81. The predicted molar refractivity (Wildman–Crippen MR) is 71.4 cm³/mol. The molecule has 2 aliphatic rings. The summed E-state index contributed by atoms with van der Waals surface area (Å²) in [5, 5.41) is 9.94. The normalized spacial score (nSPS) is 20.2. The maximum Gasteiger partial charge on any atom is 0.240 e. The summed E-state index contributed by atoms with van der Waals surface area (Å²) in [5.41, 5.74) is -0.888. The van der Waals surface area contributed by atoms with Gasteiger partial charge in [0.15, 0.2) is 11.5 Å². The highest BCUT2D eigenvalue weighted by Gasteiger charge is 2.35. The van der Waals surface area contributed by atoms with Gasteiger partial charge in [0.1, 0.15) is 13.2 Å². The van der Waals surface area contributed by atoms with Crippen molar-refractivity contribution in [2.75, 3.05) is 19.8 Å². The molecule has 1 aliphatic heterocycles. The van der Waals surface area contributed by atoms with Gasteiger partial charge >= 0.3 is 0 Å². The van der Waals surface area contributed by atoms with Gasteiger partial charge in [0.2, 0.25) is 10.0 Å². The van der Waals surface area contributed by atoms with Gasteiger partial charge < -0.3 is 14.6 Å². The monoisotopic (exact) mass is 299 g/mol. The van der Waals surface area contributed by atoms with Gasteiger partial charge in [0, 0.05) is 12.6 Å². The van der Waals surface area contributed by atoms with Crippen molar-refractivity contribution in [2.24, 2.45) is 0 Å². The highest BCUT2D eigenvalue weighted by molar-refractivity contribution is 7.89. The number of hydrogen-bond donors (Lipinski definition) is 2. The van der Waals surface area contributed by atoms with E-state index in [1.165, 1.54) is 12.1 Å². The zero-order chi connectivity index (χ0) is 14.2. The van der Waals surface area contributed by atoms with Crippen molar-refractivity contribution in [3.05, 3.63) is 18.2 Å². The number of benzene rings is 1. The second-order valence-electron chi connectivity index (χ2n) is 5.21. The van der Waals surface area contributed by atoms with Crippen LogP contribution in [0.3, 0.4) is 0 Å². The molecule has 0 spiro atoms. The molecule has 0 aromatic heterocycles. The van der Waals surface area contributed by atoms with Crippen LogP contribution in [0.5, 0.6) is 11.5 Å². The number of sulfonamides is 1. The fourth-order valence-electron chi connectivity index (χ4n) is 2.27. The van der Waals surface area contributed by atoms with Gasteiger partial charge in [-0.1, -0.05) is 0 Å². The molecule has 0 atom stereocenters. The number of fused-ring (bicyclic) bond motifs is 1. The number of aliphatic hydroxyl groups is 1. The molecule has 6 nitrogen and oxygen atoms in total. The fraction of sp³-hybridized carbons (Fsp3) is 0.538. The van der Waals surface area contributed by atoms with Crippen molar-refractivity contribution in [1.82, 2.24) is 4.72 Å². The highest BCUT2D eigenvalue weighted by Crippen LogP contribution is 2.33. The minimum atomic E-state index is -3.65. The molecule has 110 valence electrons. The number of hydrogen-bond acceptors (Lipinski definition) is 5. The van der Waals surface area contributed by atoms with Crippen molar-refractivity contribution in [3.63, 3.8) is 0 Å². The Morgan fingerprint density at radius 3 is 2.55 bits per heavy atom. The van der Waals surface area contributed by atoms with Crippen molar-refractivity contribution < 1.29 is 23.0 Å². The third kappa shape index (κ3) is 2.61. The van der Waals surface area contributed by atoms with Gasteiger partial charge in [-0.05, 0) is 31.4 Å². The third-order valence-electron chi connectivity index (χ3n) is 3.70. The average Bonchev–Trinajstić information content (AvgIpc) is 2.42. The van der Waals surface area contributed by atoms with Crippen LogP contribution in [0.1, 0.15) is 19.3 Å². The second-order valence-corrected chi connectivity index (χ2v) is 6.97. The molecule has 3 rings (SSSR count). The smallest absolute Gasteiger partial charge is 0.240 e. The summed E-state index contributed by atoms with van der Waals surface area (Å²) in [6.07, 6.45) is 2.20. The molecule has 20 heavy (non-hydrogen) atoms. The minimum absolute atomic E-state index is 0.0454. The zero-order valence-corrected chi connectivity index (χ0v) is 11.8. The second kappa shape index (κ2) is 4.91.